The van der Waals surface area contributed by atoms with Gasteiger partial charge in [0.25, 0.3) is 5.91 Å². The average molecular weight is 429 g/mol. The highest BCUT2D eigenvalue weighted by Crippen LogP contribution is 2.55. The lowest BCUT2D eigenvalue weighted by molar-refractivity contribution is 0.102. The molecule has 4 aromatic carbocycles. The monoisotopic (exact) mass is 428 g/mol. The van der Waals surface area contributed by atoms with Gasteiger partial charge in [-0.1, -0.05) is 64.9 Å². The van der Waals surface area contributed by atoms with E-state index in [1.54, 1.807) is 30.3 Å². The summed E-state index contributed by atoms with van der Waals surface area (Å²) in [5, 5.41) is 2.91. The number of hydrogen-bond acceptors (Lipinski definition) is 3. The van der Waals surface area contributed by atoms with Crippen molar-refractivity contribution in [3.63, 3.8) is 0 Å². The molecule has 0 radical (unpaired) electrons. The van der Waals surface area contributed by atoms with Gasteiger partial charge in [0.15, 0.2) is 0 Å². The van der Waals surface area contributed by atoms with Crippen LogP contribution in [0, 0.1) is 0 Å². The Balaban J connectivity index is 1.55. The van der Waals surface area contributed by atoms with Gasteiger partial charge < -0.3 is 15.6 Å². The zero-order valence-corrected chi connectivity index (χ0v) is 18.0. The third kappa shape index (κ3) is 4.48. The van der Waals surface area contributed by atoms with E-state index in [9.17, 15) is 9.35 Å². The van der Waals surface area contributed by atoms with Crippen LogP contribution in [0.3, 0.4) is 0 Å². The molecular formula is C26H24N2O2S. The molecule has 156 valence electrons. The maximum Gasteiger partial charge on any atom is 0.255 e. The van der Waals surface area contributed by atoms with Crippen molar-refractivity contribution in [3.05, 3.63) is 109 Å². The lowest BCUT2D eigenvalue weighted by Crippen LogP contribution is -2.13. The first-order valence-corrected chi connectivity index (χ1v) is 11.9. The minimum atomic E-state index is -2.14. The standard InChI is InChI=1S/C26H24N2O2S/c1-31(30,22-10-6-3-7-11-22)23-15-12-20(13-16-23)26(29)28-25-18-21(14-17-24(25)27)19-8-4-2-5-9-19/h2-18,30H,27H2,1H3,(H,28,29). The van der Waals surface area contributed by atoms with Crippen molar-refractivity contribution in [1.29, 1.82) is 0 Å². The summed E-state index contributed by atoms with van der Waals surface area (Å²) in [7, 11) is -2.14. The Morgan fingerprint density at radius 1 is 0.774 bits per heavy atom. The van der Waals surface area contributed by atoms with Crippen LogP contribution >= 0.6 is 10.3 Å². The van der Waals surface area contributed by atoms with Crippen LogP contribution in [0.4, 0.5) is 11.4 Å². The van der Waals surface area contributed by atoms with E-state index in [1.165, 1.54) is 0 Å². The first-order chi connectivity index (χ1) is 14.9. The Morgan fingerprint density at radius 3 is 2.00 bits per heavy atom. The summed E-state index contributed by atoms with van der Waals surface area (Å²) < 4.78 is 11.1. The van der Waals surface area contributed by atoms with Gasteiger partial charge >= 0.3 is 0 Å². The summed E-state index contributed by atoms with van der Waals surface area (Å²) in [6, 6.07) is 32.2. The smallest absolute Gasteiger partial charge is 0.255 e. The van der Waals surface area contributed by atoms with Crippen molar-refractivity contribution >= 4 is 27.6 Å². The van der Waals surface area contributed by atoms with Gasteiger partial charge in [-0.2, -0.15) is 0 Å². The van der Waals surface area contributed by atoms with Gasteiger partial charge in [0.1, 0.15) is 0 Å². The van der Waals surface area contributed by atoms with Crippen LogP contribution in [0.15, 0.2) is 113 Å². The van der Waals surface area contributed by atoms with Crippen molar-refractivity contribution < 1.29 is 9.35 Å². The molecule has 31 heavy (non-hydrogen) atoms. The maximum absolute atomic E-state index is 12.8. The first-order valence-electron chi connectivity index (χ1n) is 9.87. The molecule has 0 heterocycles. The van der Waals surface area contributed by atoms with E-state index >= 15 is 0 Å². The fraction of sp³-hybridized carbons (Fsp3) is 0.0385. The largest absolute Gasteiger partial charge is 0.397 e. The highest BCUT2D eigenvalue weighted by molar-refractivity contribution is 8.28. The number of carbonyl (C=O) groups excluding carboxylic acids is 1. The molecule has 0 aliphatic carbocycles. The number of carbonyl (C=O) groups is 1. The van der Waals surface area contributed by atoms with E-state index in [2.05, 4.69) is 5.32 Å². The predicted molar refractivity (Wildman–Crippen MR) is 130 cm³/mol. The summed E-state index contributed by atoms with van der Waals surface area (Å²) in [5.41, 5.74) is 9.68. The summed E-state index contributed by atoms with van der Waals surface area (Å²) in [5.74, 6) is -0.252. The molecule has 0 aliphatic rings. The third-order valence-electron chi connectivity index (χ3n) is 5.19. The fourth-order valence-corrected chi connectivity index (χ4v) is 4.99. The molecule has 0 fully saturated rings. The predicted octanol–water partition coefficient (Wildman–Crippen LogP) is 6.51. The molecule has 1 amide bonds. The van der Waals surface area contributed by atoms with E-state index in [4.69, 9.17) is 5.73 Å². The van der Waals surface area contributed by atoms with Crippen molar-refractivity contribution in [2.75, 3.05) is 17.3 Å². The second kappa shape index (κ2) is 8.68. The molecule has 4 rings (SSSR count). The first kappa shape index (κ1) is 20.7. The molecular weight excluding hydrogens is 404 g/mol. The van der Waals surface area contributed by atoms with Crippen molar-refractivity contribution in [2.24, 2.45) is 0 Å². The fourth-order valence-electron chi connectivity index (χ4n) is 3.36. The van der Waals surface area contributed by atoms with Gasteiger partial charge in [0.05, 0.1) is 11.4 Å². The quantitative estimate of drug-likeness (QED) is 0.317. The second-order valence-corrected chi connectivity index (χ2v) is 10.0. The maximum atomic E-state index is 12.8. The number of rotatable bonds is 5. The zero-order valence-electron chi connectivity index (χ0n) is 17.2. The number of hydrogen-bond donors (Lipinski definition) is 3. The molecule has 0 saturated heterocycles. The average Bonchev–Trinajstić information content (AvgIpc) is 2.81. The van der Waals surface area contributed by atoms with E-state index in [0.717, 1.165) is 20.9 Å². The molecule has 0 saturated carbocycles. The number of nitrogen functional groups attached to an aromatic ring is 1. The number of nitrogens with two attached hydrogens (primary N) is 1. The van der Waals surface area contributed by atoms with Gasteiger partial charge in [-0.05, 0) is 65.9 Å². The van der Waals surface area contributed by atoms with Crippen LogP contribution in [-0.4, -0.2) is 16.7 Å². The van der Waals surface area contributed by atoms with Gasteiger partial charge in [0, 0.05) is 15.4 Å². The Labute approximate surface area is 183 Å². The molecule has 0 spiro atoms. The molecule has 0 bridgehead atoms. The number of amides is 1. The molecule has 5 heteroatoms. The van der Waals surface area contributed by atoms with Gasteiger partial charge in [-0.3, -0.25) is 4.79 Å². The van der Waals surface area contributed by atoms with Gasteiger partial charge in [-0.15, -0.1) is 0 Å². The molecule has 4 aromatic rings. The van der Waals surface area contributed by atoms with E-state index in [-0.39, 0.29) is 5.91 Å². The number of benzene rings is 4. The summed E-state index contributed by atoms with van der Waals surface area (Å²) in [4.78, 5) is 14.5. The lowest BCUT2D eigenvalue weighted by atomic mass is 10.0. The topological polar surface area (TPSA) is 75.3 Å². The van der Waals surface area contributed by atoms with Crippen LogP contribution in [0.2, 0.25) is 0 Å². The van der Waals surface area contributed by atoms with E-state index in [1.807, 2.05) is 79.1 Å². The lowest BCUT2D eigenvalue weighted by Gasteiger charge is -2.30. The normalized spacial score (nSPS) is 13.7. The van der Waals surface area contributed by atoms with Crippen molar-refractivity contribution in [3.8, 4) is 11.1 Å². The van der Waals surface area contributed by atoms with Gasteiger partial charge in [0.2, 0.25) is 0 Å². The Kier molecular flexibility index (Phi) is 5.80. The molecule has 4 nitrogen and oxygen atoms in total. The highest BCUT2D eigenvalue weighted by Gasteiger charge is 2.20. The molecule has 4 N–H and O–H groups in total. The van der Waals surface area contributed by atoms with E-state index in [0.29, 0.717) is 16.9 Å². The Bertz CT molecular complexity index is 1190. The summed E-state index contributed by atoms with van der Waals surface area (Å²) in [6.07, 6.45) is 1.83. The van der Waals surface area contributed by atoms with Crippen LogP contribution in [-0.2, 0) is 0 Å². The second-order valence-electron chi connectivity index (χ2n) is 7.34. The highest BCUT2D eigenvalue weighted by atomic mass is 32.3. The molecule has 1 unspecified atom stereocenters. The summed E-state index contributed by atoms with van der Waals surface area (Å²) in [6.45, 7) is 0. The Morgan fingerprint density at radius 2 is 1.35 bits per heavy atom. The van der Waals surface area contributed by atoms with Crippen LogP contribution < -0.4 is 11.1 Å². The third-order valence-corrected chi connectivity index (χ3v) is 7.57. The van der Waals surface area contributed by atoms with Gasteiger partial charge in [-0.25, -0.2) is 0 Å². The minimum absolute atomic E-state index is 0.252. The minimum Gasteiger partial charge on any atom is -0.397 e. The van der Waals surface area contributed by atoms with Crippen LogP contribution in [0.25, 0.3) is 11.1 Å². The van der Waals surface area contributed by atoms with Crippen molar-refractivity contribution in [2.45, 2.75) is 9.79 Å². The van der Waals surface area contributed by atoms with E-state index < -0.39 is 10.3 Å². The molecule has 0 aromatic heterocycles. The molecule has 1 atom stereocenters. The van der Waals surface area contributed by atoms with Crippen LogP contribution in [0.5, 0.6) is 0 Å². The number of anilines is 2. The SMILES string of the molecule is CS(O)(c1ccccc1)c1ccc(C(=O)Nc2cc(-c3ccccc3)ccc2N)cc1. The Hall–Kier alpha value is -3.54. The number of nitrogens with one attached hydrogen (secondary N) is 1. The summed E-state index contributed by atoms with van der Waals surface area (Å²) >= 11 is 0. The van der Waals surface area contributed by atoms with Crippen LogP contribution in [0.1, 0.15) is 10.4 Å². The molecule has 0 aliphatic heterocycles. The van der Waals surface area contributed by atoms with Crippen molar-refractivity contribution in [1.82, 2.24) is 0 Å². The zero-order chi connectivity index (χ0) is 21.8.